The first-order valence-corrected chi connectivity index (χ1v) is 7.30. The highest BCUT2D eigenvalue weighted by molar-refractivity contribution is 5.84. The van der Waals surface area contributed by atoms with E-state index in [0.29, 0.717) is 19.8 Å². The molecule has 0 saturated carbocycles. The molecule has 0 aromatic carbocycles. The number of ether oxygens (including phenoxy) is 2. The van der Waals surface area contributed by atoms with Crippen molar-refractivity contribution >= 4 is 11.9 Å². The van der Waals surface area contributed by atoms with Crippen LogP contribution in [0.25, 0.3) is 0 Å². The van der Waals surface area contributed by atoms with Crippen LogP contribution >= 0.6 is 0 Å². The molecule has 6 heteroatoms. The van der Waals surface area contributed by atoms with Gasteiger partial charge in [-0.2, -0.15) is 0 Å². The van der Waals surface area contributed by atoms with Crippen molar-refractivity contribution in [1.29, 1.82) is 0 Å². The molecule has 2 unspecified atom stereocenters. The summed E-state index contributed by atoms with van der Waals surface area (Å²) in [5.41, 5.74) is 0. The molecule has 0 aromatic heterocycles. The molecule has 0 aliphatic carbocycles. The summed E-state index contributed by atoms with van der Waals surface area (Å²) in [5, 5.41) is 3.34. The summed E-state index contributed by atoms with van der Waals surface area (Å²) >= 11 is 0. The third-order valence-corrected chi connectivity index (χ3v) is 3.41. The van der Waals surface area contributed by atoms with E-state index in [1.165, 1.54) is 7.11 Å². The molecule has 2 atom stereocenters. The number of esters is 1. The topological polar surface area (TPSA) is 67.9 Å². The third-order valence-electron chi connectivity index (χ3n) is 3.41. The Hall–Kier alpha value is -1.14. The lowest BCUT2D eigenvalue weighted by atomic mass is 10.0. The number of methoxy groups -OCH3 is 1. The Bertz CT molecular complexity index is 322. The van der Waals surface area contributed by atoms with Crippen molar-refractivity contribution in [1.82, 2.24) is 10.2 Å². The normalized spacial score (nSPS) is 21.8. The van der Waals surface area contributed by atoms with Crippen molar-refractivity contribution in [3.8, 4) is 0 Å². The zero-order valence-corrected chi connectivity index (χ0v) is 12.7. The van der Waals surface area contributed by atoms with Gasteiger partial charge in [-0.15, -0.1) is 0 Å². The fourth-order valence-electron chi connectivity index (χ4n) is 2.32. The van der Waals surface area contributed by atoms with Gasteiger partial charge in [-0.25, -0.2) is 0 Å². The van der Waals surface area contributed by atoms with Crippen LogP contribution < -0.4 is 5.32 Å². The molecule has 0 radical (unpaired) electrons. The average Bonchev–Trinajstić information content (AvgIpc) is 2.91. The van der Waals surface area contributed by atoms with Gasteiger partial charge in [0, 0.05) is 12.6 Å². The fraction of sp³-hybridized carbons (Fsp3) is 0.857. The number of amides is 1. The van der Waals surface area contributed by atoms with Crippen molar-refractivity contribution < 1.29 is 19.1 Å². The van der Waals surface area contributed by atoms with Crippen LogP contribution in [0.1, 0.15) is 26.7 Å². The van der Waals surface area contributed by atoms with Crippen LogP contribution in [0.4, 0.5) is 0 Å². The summed E-state index contributed by atoms with van der Waals surface area (Å²) in [7, 11) is 1.33. The minimum atomic E-state index is -0.385. The van der Waals surface area contributed by atoms with Crippen molar-refractivity contribution in [3.05, 3.63) is 0 Å². The summed E-state index contributed by atoms with van der Waals surface area (Å²) in [4.78, 5) is 25.5. The molecule has 6 nitrogen and oxygen atoms in total. The number of carbonyl (C=O) groups is 2. The van der Waals surface area contributed by atoms with Gasteiger partial charge in [0.2, 0.25) is 5.91 Å². The van der Waals surface area contributed by atoms with Crippen LogP contribution in [0.2, 0.25) is 0 Å². The van der Waals surface area contributed by atoms with E-state index in [9.17, 15) is 9.59 Å². The Labute approximate surface area is 120 Å². The molecule has 0 aromatic rings. The van der Waals surface area contributed by atoms with Crippen molar-refractivity contribution in [2.45, 2.75) is 32.7 Å². The van der Waals surface area contributed by atoms with Crippen LogP contribution in [0.3, 0.4) is 0 Å². The first kappa shape index (κ1) is 16.9. The highest BCUT2D eigenvalue weighted by atomic mass is 16.5. The maximum atomic E-state index is 12.6. The summed E-state index contributed by atoms with van der Waals surface area (Å²) in [6.45, 7) is 6.47. The summed E-state index contributed by atoms with van der Waals surface area (Å²) < 4.78 is 10.1. The van der Waals surface area contributed by atoms with Gasteiger partial charge >= 0.3 is 5.97 Å². The van der Waals surface area contributed by atoms with Crippen LogP contribution in [0, 0.1) is 5.92 Å². The number of nitrogens with one attached hydrogen (secondary N) is 1. The fourth-order valence-corrected chi connectivity index (χ4v) is 2.32. The molecule has 0 spiro atoms. The minimum Gasteiger partial charge on any atom is -0.468 e. The van der Waals surface area contributed by atoms with Gasteiger partial charge in [-0.05, 0) is 19.4 Å². The van der Waals surface area contributed by atoms with Gasteiger partial charge in [-0.1, -0.05) is 13.8 Å². The SMILES string of the molecule is CCCNC1COCC1C(=O)N(CCC)CC(=O)OC. The van der Waals surface area contributed by atoms with Crippen LogP contribution in [-0.2, 0) is 19.1 Å². The highest BCUT2D eigenvalue weighted by Crippen LogP contribution is 2.17. The largest absolute Gasteiger partial charge is 0.468 e. The second-order valence-corrected chi connectivity index (χ2v) is 5.04. The number of hydrogen-bond acceptors (Lipinski definition) is 5. The molecule has 1 amide bonds. The van der Waals surface area contributed by atoms with E-state index in [-0.39, 0.29) is 30.4 Å². The van der Waals surface area contributed by atoms with Gasteiger partial charge in [0.15, 0.2) is 0 Å². The second kappa shape index (κ2) is 8.92. The third kappa shape index (κ3) is 4.76. The average molecular weight is 286 g/mol. The molecule has 1 N–H and O–H groups in total. The first-order valence-electron chi connectivity index (χ1n) is 7.30. The van der Waals surface area contributed by atoms with E-state index in [0.717, 1.165) is 19.4 Å². The predicted molar refractivity (Wildman–Crippen MR) is 75.3 cm³/mol. The molecule has 1 rings (SSSR count). The lowest BCUT2D eigenvalue weighted by molar-refractivity contribution is -0.148. The molecule has 1 heterocycles. The quantitative estimate of drug-likeness (QED) is 0.655. The number of rotatable bonds is 8. The van der Waals surface area contributed by atoms with Gasteiger partial charge in [0.25, 0.3) is 0 Å². The summed E-state index contributed by atoms with van der Waals surface area (Å²) in [6, 6.07) is 0.0412. The molecular formula is C14H26N2O4. The lowest BCUT2D eigenvalue weighted by Gasteiger charge is -2.26. The monoisotopic (exact) mass is 286 g/mol. The number of hydrogen-bond donors (Lipinski definition) is 1. The zero-order valence-electron chi connectivity index (χ0n) is 12.7. The van der Waals surface area contributed by atoms with Crippen molar-refractivity contribution in [2.75, 3.05) is 40.0 Å². The number of carbonyl (C=O) groups excluding carboxylic acids is 2. The van der Waals surface area contributed by atoms with Gasteiger partial charge in [0.05, 0.1) is 26.2 Å². The Kier molecular flexibility index (Phi) is 7.54. The smallest absolute Gasteiger partial charge is 0.325 e. The van der Waals surface area contributed by atoms with Crippen molar-refractivity contribution in [2.24, 2.45) is 5.92 Å². The Morgan fingerprint density at radius 1 is 1.30 bits per heavy atom. The molecule has 20 heavy (non-hydrogen) atoms. The van der Waals surface area contributed by atoms with Crippen LogP contribution in [0.5, 0.6) is 0 Å². The molecular weight excluding hydrogens is 260 g/mol. The van der Waals surface area contributed by atoms with Gasteiger partial charge in [0.1, 0.15) is 6.54 Å². The molecule has 1 fully saturated rings. The Morgan fingerprint density at radius 2 is 2.05 bits per heavy atom. The second-order valence-electron chi connectivity index (χ2n) is 5.04. The summed E-state index contributed by atoms with van der Waals surface area (Å²) in [5.74, 6) is -0.620. The van der Waals surface area contributed by atoms with Gasteiger partial charge < -0.3 is 19.7 Å². The van der Waals surface area contributed by atoms with E-state index >= 15 is 0 Å². The lowest BCUT2D eigenvalue weighted by Crippen LogP contribution is -2.47. The highest BCUT2D eigenvalue weighted by Gasteiger charge is 2.36. The maximum Gasteiger partial charge on any atom is 0.325 e. The number of nitrogens with zero attached hydrogens (tertiary/aromatic N) is 1. The van der Waals surface area contributed by atoms with E-state index in [4.69, 9.17) is 4.74 Å². The van der Waals surface area contributed by atoms with E-state index in [1.54, 1.807) is 4.90 Å². The molecule has 116 valence electrons. The predicted octanol–water partition coefficient (Wildman–Crippen LogP) is 0.413. The van der Waals surface area contributed by atoms with Crippen LogP contribution in [-0.4, -0.2) is 62.8 Å². The Balaban J connectivity index is 2.64. The zero-order chi connectivity index (χ0) is 15.0. The van der Waals surface area contributed by atoms with Crippen molar-refractivity contribution in [3.63, 3.8) is 0 Å². The van der Waals surface area contributed by atoms with E-state index in [1.807, 2.05) is 6.92 Å². The molecule has 1 saturated heterocycles. The van der Waals surface area contributed by atoms with Gasteiger partial charge in [-0.3, -0.25) is 9.59 Å². The van der Waals surface area contributed by atoms with E-state index in [2.05, 4.69) is 17.0 Å². The summed E-state index contributed by atoms with van der Waals surface area (Å²) in [6.07, 6.45) is 1.82. The Morgan fingerprint density at radius 3 is 2.65 bits per heavy atom. The van der Waals surface area contributed by atoms with E-state index < -0.39 is 0 Å². The maximum absolute atomic E-state index is 12.6. The minimum absolute atomic E-state index is 0.0141. The standard InChI is InChI=1S/C14H26N2O4/c1-4-6-15-12-10-20-9-11(12)14(18)16(7-5-2)8-13(17)19-3/h11-12,15H,4-10H2,1-3H3. The molecule has 1 aliphatic rings. The first-order chi connectivity index (χ1) is 9.63. The molecule has 0 bridgehead atoms. The van der Waals surface area contributed by atoms with Crippen LogP contribution in [0.15, 0.2) is 0 Å². The molecule has 1 aliphatic heterocycles.